The standard InChI is InChI=1S/C14H19F3/c1-8(2)12-7-11(14(15,16)17)6-10(5)13(12)9(3)4/h6-9H,1-5H3. The molecule has 0 radical (unpaired) electrons. The smallest absolute Gasteiger partial charge is 0.166 e. The summed E-state index contributed by atoms with van der Waals surface area (Å²) in [6.45, 7) is 9.65. The normalized spacial score (nSPS) is 12.6. The van der Waals surface area contributed by atoms with Gasteiger partial charge in [-0.25, -0.2) is 0 Å². The monoisotopic (exact) mass is 244 g/mol. The van der Waals surface area contributed by atoms with Gasteiger partial charge in [0.05, 0.1) is 5.56 Å². The third kappa shape index (κ3) is 3.02. The van der Waals surface area contributed by atoms with Crippen molar-refractivity contribution in [1.29, 1.82) is 0 Å². The quantitative estimate of drug-likeness (QED) is 0.665. The van der Waals surface area contributed by atoms with E-state index in [1.165, 1.54) is 12.1 Å². The van der Waals surface area contributed by atoms with Crippen LogP contribution in [0.5, 0.6) is 0 Å². The molecule has 0 atom stereocenters. The van der Waals surface area contributed by atoms with Crippen molar-refractivity contribution in [3.8, 4) is 0 Å². The Bertz CT molecular complexity index is 401. The zero-order valence-electron chi connectivity index (χ0n) is 10.9. The number of hydrogen-bond donors (Lipinski definition) is 0. The molecule has 0 N–H and O–H groups in total. The van der Waals surface area contributed by atoms with E-state index in [2.05, 4.69) is 0 Å². The van der Waals surface area contributed by atoms with Crippen molar-refractivity contribution in [2.45, 2.75) is 52.6 Å². The summed E-state index contributed by atoms with van der Waals surface area (Å²) in [7, 11) is 0. The lowest BCUT2D eigenvalue weighted by Gasteiger charge is -2.21. The Morgan fingerprint density at radius 1 is 0.941 bits per heavy atom. The van der Waals surface area contributed by atoms with Crippen molar-refractivity contribution in [1.82, 2.24) is 0 Å². The molecule has 0 nitrogen and oxygen atoms in total. The van der Waals surface area contributed by atoms with E-state index in [-0.39, 0.29) is 11.8 Å². The molecule has 96 valence electrons. The molecule has 0 aliphatic carbocycles. The van der Waals surface area contributed by atoms with Crippen molar-refractivity contribution in [2.24, 2.45) is 0 Å². The molecule has 0 aliphatic rings. The van der Waals surface area contributed by atoms with Gasteiger partial charge in [-0.15, -0.1) is 0 Å². The van der Waals surface area contributed by atoms with Crippen molar-refractivity contribution >= 4 is 0 Å². The van der Waals surface area contributed by atoms with E-state index < -0.39 is 11.7 Å². The average Bonchev–Trinajstić information content (AvgIpc) is 2.13. The predicted octanol–water partition coefficient (Wildman–Crippen LogP) is 5.26. The van der Waals surface area contributed by atoms with Crippen LogP contribution in [-0.2, 0) is 6.18 Å². The molecule has 0 bridgehead atoms. The molecule has 0 spiro atoms. The maximum atomic E-state index is 12.7. The lowest BCUT2D eigenvalue weighted by Crippen LogP contribution is -2.10. The third-order valence-electron chi connectivity index (χ3n) is 2.95. The first-order valence-corrected chi connectivity index (χ1v) is 5.86. The number of alkyl halides is 3. The molecule has 0 aliphatic heterocycles. The molecule has 0 aromatic heterocycles. The summed E-state index contributed by atoms with van der Waals surface area (Å²) < 4.78 is 38.2. The zero-order chi connectivity index (χ0) is 13.4. The molecule has 0 saturated carbocycles. The highest BCUT2D eigenvalue weighted by atomic mass is 19.4. The maximum Gasteiger partial charge on any atom is 0.416 e. The molecular weight excluding hydrogens is 225 g/mol. The van der Waals surface area contributed by atoms with E-state index >= 15 is 0 Å². The molecule has 1 aromatic rings. The summed E-state index contributed by atoms with van der Waals surface area (Å²) in [6, 6.07) is 2.55. The zero-order valence-corrected chi connectivity index (χ0v) is 10.9. The van der Waals surface area contributed by atoms with Crippen LogP contribution in [0.15, 0.2) is 12.1 Å². The van der Waals surface area contributed by atoms with E-state index in [1.54, 1.807) is 6.92 Å². The van der Waals surface area contributed by atoms with E-state index in [1.807, 2.05) is 27.7 Å². The number of rotatable bonds is 2. The van der Waals surface area contributed by atoms with Gasteiger partial charge < -0.3 is 0 Å². The number of aryl methyl sites for hydroxylation is 1. The van der Waals surface area contributed by atoms with E-state index in [9.17, 15) is 13.2 Å². The molecule has 1 aromatic carbocycles. The fraction of sp³-hybridized carbons (Fsp3) is 0.571. The van der Waals surface area contributed by atoms with Gasteiger partial charge in [0.1, 0.15) is 0 Å². The van der Waals surface area contributed by atoms with Gasteiger partial charge in [0.2, 0.25) is 0 Å². The van der Waals surface area contributed by atoms with Crippen LogP contribution in [0.1, 0.15) is 61.8 Å². The maximum absolute atomic E-state index is 12.7. The van der Waals surface area contributed by atoms with E-state index in [0.717, 1.165) is 16.7 Å². The Kier molecular flexibility index (Phi) is 3.90. The van der Waals surface area contributed by atoms with Gasteiger partial charge in [-0.1, -0.05) is 27.7 Å². The van der Waals surface area contributed by atoms with Crippen LogP contribution in [0.4, 0.5) is 13.2 Å². The molecule has 0 heterocycles. The van der Waals surface area contributed by atoms with E-state index in [4.69, 9.17) is 0 Å². The van der Waals surface area contributed by atoms with Gasteiger partial charge in [-0.2, -0.15) is 13.2 Å². The van der Waals surface area contributed by atoms with Crippen LogP contribution in [0.2, 0.25) is 0 Å². The summed E-state index contributed by atoms with van der Waals surface area (Å²) >= 11 is 0. The van der Waals surface area contributed by atoms with E-state index in [0.29, 0.717) is 0 Å². The Morgan fingerprint density at radius 2 is 1.47 bits per heavy atom. The number of halogens is 3. The number of hydrogen-bond acceptors (Lipinski definition) is 0. The molecule has 0 fully saturated rings. The van der Waals surface area contributed by atoms with Crippen LogP contribution in [-0.4, -0.2) is 0 Å². The van der Waals surface area contributed by atoms with Gasteiger partial charge in [-0.3, -0.25) is 0 Å². The summed E-state index contributed by atoms with van der Waals surface area (Å²) in [5, 5.41) is 0. The molecular formula is C14H19F3. The van der Waals surface area contributed by atoms with Crippen LogP contribution >= 0.6 is 0 Å². The van der Waals surface area contributed by atoms with Crippen LogP contribution < -0.4 is 0 Å². The second-order valence-corrected chi connectivity index (χ2v) is 5.10. The second-order valence-electron chi connectivity index (χ2n) is 5.10. The lowest BCUT2D eigenvalue weighted by atomic mass is 9.86. The largest absolute Gasteiger partial charge is 0.416 e. The van der Waals surface area contributed by atoms with Gasteiger partial charge in [-0.05, 0) is 47.6 Å². The summed E-state index contributed by atoms with van der Waals surface area (Å²) in [4.78, 5) is 0. The molecule has 0 unspecified atom stereocenters. The third-order valence-corrected chi connectivity index (χ3v) is 2.95. The Balaban J connectivity index is 3.47. The van der Waals surface area contributed by atoms with Crippen molar-refractivity contribution in [2.75, 3.05) is 0 Å². The first-order chi connectivity index (χ1) is 7.64. The highest BCUT2D eigenvalue weighted by Crippen LogP contribution is 2.36. The summed E-state index contributed by atoms with van der Waals surface area (Å²) in [6.07, 6.45) is -4.26. The predicted molar refractivity (Wildman–Crippen MR) is 64.4 cm³/mol. The Labute approximate surface area is 101 Å². The minimum Gasteiger partial charge on any atom is -0.166 e. The minimum atomic E-state index is -4.26. The second kappa shape index (κ2) is 4.71. The van der Waals surface area contributed by atoms with Crippen LogP contribution in [0.25, 0.3) is 0 Å². The average molecular weight is 244 g/mol. The number of benzene rings is 1. The topological polar surface area (TPSA) is 0 Å². The molecule has 1 rings (SSSR count). The Morgan fingerprint density at radius 3 is 1.82 bits per heavy atom. The van der Waals surface area contributed by atoms with Gasteiger partial charge in [0.15, 0.2) is 0 Å². The van der Waals surface area contributed by atoms with Gasteiger partial charge >= 0.3 is 6.18 Å². The SMILES string of the molecule is Cc1cc(C(F)(F)F)cc(C(C)C)c1C(C)C. The van der Waals surface area contributed by atoms with Crippen LogP contribution in [0, 0.1) is 6.92 Å². The summed E-state index contributed by atoms with van der Waals surface area (Å²) in [5.41, 5.74) is 2.06. The highest BCUT2D eigenvalue weighted by Gasteiger charge is 2.32. The fourth-order valence-electron chi connectivity index (χ4n) is 2.26. The van der Waals surface area contributed by atoms with Crippen molar-refractivity contribution in [3.63, 3.8) is 0 Å². The Hall–Kier alpha value is -0.990. The van der Waals surface area contributed by atoms with Gasteiger partial charge in [0.25, 0.3) is 0 Å². The van der Waals surface area contributed by atoms with Gasteiger partial charge in [0, 0.05) is 0 Å². The minimum absolute atomic E-state index is 0.105. The van der Waals surface area contributed by atoms with Crippen molar-refractivity contribution in [3.05, 3.63) is 34.4 Å². The van der Waals surface area contributed by atoms with Crippen molar-refractivity contribution < 1.29 is 13.2 Å². The first-order valence-electron chi connectivity index (χ1n) is 5.86. The fourth-order valence-corrected chi connectivity index (χ4v) is 2.26. The van der Waals surface area contributed by atoms with Crippen LogP contribution in [0.3, 0.4) is 0 Å². The molecule has 3 heteroatoms. The molecule has 17 heavy (non-hydrogen) atoms. The molecule has 0 amide bonds. The summed E-state index contributed by atoms with van der Waals surface area (Å²) in [5.74, 6) is 0.350. The molecule has 0 saturated heterocycles. The lowest BCUT2D eigenvalue weighted by molar-refractivity contribution is -0.137. The first kappa shape index (κ1) is 14.1. The highest BCUT2D eigenvalue weighted by molar-refractivity contribution is 5.43.